The van der Waals surface area contributed by atoms with Gasteiger partial charge in [-0.15, -0.1) is 0 Å². The number of nitrogens with zero attached hydrogens (tertiary/aromatic N) is 2. The van der Waals surface area contributed by atoms with E-state index in [1.54, 1.807) is 7.11 Å². The van der Waals surface area contributed by atoms with E-state index in [4.69, 9.17) is 9.73 Å². The van der Waals surface area contributed by atoms with Gasteiger partial charge < -0.3 is 25.6 Å². The van der Waals surface area contributed by atoms with Crippen LogP contribution in [0, 0.1) is 23.2 Å². The molecule has 3 saturated carbocycles. The average molecular weight is 558 g/mol. The van der Waals surface area contributed by atoms with Gasteiger partial charge in [-0.3, -0.25) is 4.79 Å². The molecule has 6 atom stereocenters. The van der Waals surface area contributed by atoms with Crippen LogP contribution in [0.25, 0.3) is 0 Å². The van der Waals surface area contributed by atoms with Gasteiger partial charge in [0.2, 0.25) is 0 Å². The number of fused-ring (bicyclic) bond motifs is 3. The molecule has 220 valence electrons. The van der Waals surface area contributed by atoms with Crippen molar-refractivity contribution in [2.24, 2.45) is 28.2 Å². The number of nitrogens with one attached hydrogen (secondary N) is 3. The van der Waals surface area contributed by atoms with Crippen LogP contribution in [0.2, 0.25) is 0 Å². The lowest BCUT2D eigenvalue weighted by molar-refractivity contribution is -0.108. The zero-order valence-corrected chi connectivity index (χ0v) is 25.4. The molecular formula is C34H47N5O2. The molecule has 0 spiro atoms. The van der Waals surface area contributed by atoms with E-state index in [1.807, 2.05) is 30.3 Å². The highest BCUT2D eigenvalue weighted by atomic mass is 16.5. The van der Waals surface area contributed by atoms with Crippen molar-refractivity contribution in [2.75, 3.05) is 32.1 Å². The largest absolute Gasteiger partial charge is 0.497 e. The summed E-state index contributed by atoms with van der Waals surface area (Å²) in [5.41, 5.74) is 4.73. The fourth-order valence-corrected chi connectivity index (χ4v) is 7.85. The molecule has 7 nitrogen and oxygen atoms in total. The molecule has 41 heavy (non-hydrogen) atoms. The number of anilines is 1. The summed E-state index contributed by atoms with van der Waals surface area (Å²) in [5, 5.41) is 10.5. The number of aryl methyl sites for hydroxylation is 1. The van der Waals surface area contributed by atoms with Crippen molar-refractivity contribution in [2.45, 2.75) is 77.9 Å². The van der Waals surface area contributed by atoms with E-state index in [0.29, 0.717) is 29.0 Å². The van der Waals surface area contributed by atoms with Crippen molar-refractivity contribution in [3.63, 3.8) is 0 Å². The number of carbonyl (C=O) groups is 1. The van der Waals surface area contributed by atoms with Crippen LogP contribution in [0.4, 0.5) is 5.69 Å². The number of aliphatic imine (C=N–C) groups is 1. The van der Waals surface area contributed by atoms with Crippen LogP contribution >= 0.6 is 0 Å². The zero-order valence-electron chi connectivity index (χ0n) is 25.4. The van der Waals surface area contributed by atoms with Crippen LogP contribution in [0.5, 0.6) is 5.75 Å². The first-order chi connectivity index (χ1) is 19.7. The van der Waals surface area contributed by atoms with Crippen molar-refractivity contribution in [3.05, 3.63) is 59.2 Å². The first-order valence-corrected chi connectivity index (χ1v) is 15.6. The zero-order chi connectivity index (χ0) is 28.7. The van der Waals surface area contributed by atoms with Gasteiger partial charge in [0.05, 0.1) is 13.2 Å². The SMILES string of the molecule is COc1ccc2c(c1)CCC(NC(=O)c1ccc(NC(=N[C@H]3C[C@@H]4C[C@@H]([C@H]3C)C4(C)C)N3CCN[C@@H](C)C3)cc1)C2. The number of amides is 1. The van der Waals surface area contributed by atoms with Crippen molar-refractivity contribution in [3.8, 4) is 5.75 Å². The number of piperazine rings is 1. The van der Waals surface area contributed by atoms with Crippen molar-refractivity contribution >= 4 is 17.6 Å². The molecule has 2 aromatic carbocycles. The van der Waals surface area contributed by atoms with Crippen LogP contribution in [-0.2, 0) is 12.8 Å². The lowest BCUT2D eigenvalue weighted by Crippen LogP contribution is -2.57. The molecule has 0 radical (unpaired) electrons. The summed E-state index contributed by atoms with van der Waals surface area (Å²) in [6, 6.07) is 15.1. The Morgan fingerprint density at radius 2 is 1.90 bits per heavy atom. The second-order valence-corrected chi connectivity index (χ2v) is 13.5. The Hall–Kier alpha value is -3.06. The van der Waals surface area contributed by atoms with E-state index in [9.17, 15) is 4.79 Å². The summed E-state index contributed by atoms with van der Waals surface area (Å²) in [6.45, 7) is 12.4. The summed E-state index contributed by atoms with van der Waals surface area (Å²) in [7, 11) is 1.70. The van der Waals surface area contributed by atoms with Gasteiger partial charge >= 0.3 is 0 Å². The van der Waals surface area contributed by atoms with Crippen molar-refractivity contribution < 1.29 is 9.53 Å². The summed E-state index contributed by atoms with van der Waals surface area (Å²) < 4.78 is 5.37. The summed E-state index contributed by atoms with van der Waals surface area (Å²) in [5.74, 6) is 3.99. The van der Waals surface area contributed by atoms with Crippen molar-refractivity contribution in [1.29, 1.82) is 0 Å². The van der Waals surface area contributed by atoms with E-state index in [1.165, 1.54) is 24.0 Å². The molecule has 7 heteroatoms. The predicted molar refractivity (Wildman–Crippen MR) is 166 cm³/mol. The molecule has 7 rings (SSSR count). The summed E-state index contributed by atoms with van der Waals surface area (Å²) in [6.07, 6.45) is 5.28. The van der Waals surface area contributed by atoms with Gasteiger partial charge in [-0.25, -0.2) is 4.99 Å². The predicted octanol–water partition coefficient (Wildman–Crippen LogP) is 5.11. The second-order valence-electron chi connectivity index (χ2n) is 13.5. The lowest BCUT2D eigenvalue weighted by atomic mass is 9.45. The Kier molecular flexibility index (Phi) is 7.75. The van der Waals surface area contributed by atoms with Gasteiger partial charge in [-0.2, -0.15) is 0 Å². The molecule has 1 unspecified atom stereocenters. The first-order valence-electron chi connectivity index (χ1n) is 15.6. The minimum absolute atomic E-state index is 0.0128. The molecule has 1 aliphatic heterocycles. The quantitative estimate of drug-likeness (QED) is 0.352. The number of methoxy groups -OCH3 is 1. The van der Waals surface area contributed by atoms with E-state index >= 15 is 0 Å². The monoisotopic (exact) mass is 557 g/mol. The molecular weight excluding hydrogens is 510 g/mol. The van der Waals surface area contributed by atoms with E-state index in [0.717, 1.165) is 68.1 Å². The van der Waals surface area contributed by atoms with Gasteiger partial charge in [0, 0.05) is 43.0 Å². The highest BCUT2D eigenvalue weighted by Crippen LogP contribution is 2.61. The maximum atomic E-state index is 13.1. The van der Waals surface area contributed by atoms with Crippen LogP contribution in [-0.4, -0.2) is 61.6 Å². The van der Waals surface area contributed by atoms with E-state index in [-0.39, 0.29) is 11.9 Å². The molecule has 4 fully saturated rings. The number of guanidine groups is 1. The van der Waals surface area contributed by atoms with Crippen LogP contribution in [0.3, 0.4) is 0 Å². The molecule has 3 N–H and O–H groups in total. The third-order valence-corrected chi connectivity index (χ3v) is 10.7. The molecule has 4 aliphatic carbocycles. The standard InChI is InChI=1S/C34H47N5O2/c1-21-20-39(15-14-35-21)33(38-31-19-26-18-30(22(31)2)34(26,3)4)37-27-10-6-23(7-11-27)32(40)36-28-12-8-25-17-29(41-5)13-9-24(25)16-28/h6-7,9-11,13,17,21-22,26,28,30-31,35H,8,12,14-16,18-20H2,1-5H3,(H,36,40)(H,37,38)/t21-,22+,26-,28?,30-,31-/m0/s1. The lowest BCUT2D eigenvalue weighted by Gasteiger charge is -2.61. The average Bonchev–Trinajstić information content (AvgIpc) is 2.97. The topological polar surface area (TPSA) is 78.0 Å². The smallest absolute Gasteiger partial charge is 0.251 e. The minimum atomic E-state index is -0.0128. The number of benzene rings is 2. The van der Waals surface area contributed by atoms with Crippen molar-refractivity contribution in [1.82, 2.24) is 15.5 Å². The second kappa shape index (κ2) is 11.3. The van der Waals surface area contributed by atoms with Gasteiger partial charge in [0.15, 0.2) is 5.96 Å². The fraction of sp³-hybridized carbons (Fsp3) is 0.588. The Morgan fingerprint density at radius 1 is 1.10 bits per heavy atom. The maximum absolute atomic E-state index is 13.1. The maximum Gasteiger partial charge on any atom is 0.251 e. The highest BCUT2D eigenvalue weighted by Gasteiger charge is 2.56. The molecule has 2 aromatic rings. The highest BCUT2D eigenvalue weighted by molar-refractivity contribution is 5.97. The van der Waals surface area contributed by atoms with Gasteiger partial charge in [-0.1, -0.05) is 26.8 Å². The molecule has 0 aromatic heterocycles. The Labute approximate surface area is 245 Å². The third-order valence-electron chi connectivity index (χ3n) is 10.7. The number of rotatable bonds is 5. The molecule has 1 saturated heterocycles. The Morgan fingerprint density at radius 3 is 2.61 bits per heavy atom. The summed E-state index contributed by atoms with van der Waals surface area (Å²) in [4.78, 5) is 20.9. The molecule has 1 heterocycles. The van der Waals surface area contributed by atoms with Gasteiger partial charge in [-0.05, 0) is 110 Å². The van der Waals surface area contributed by atoms with Gasteiger partial charge in [0.25, 0.3) is 5.91 Å². The Balaban J connectivity index is 1.12. The fourth-order valence-electron chi connectivity index (χ4n) is 7.85. The molecule has 2 bridgehead atoms. The number of hydrogen-bond acceptors (Lipinski definition) is 4. The number of carbonyl (C=O) groups excluding carboxylic acids is 1. The normalized spacial score (nSPS) is 30.6. The third kappa shape index (κ3) is 5.70. The van der Waals surface area contributed by atoms with E-state index < -0.39 is 0 Å². The molecule has 1 amide bonds. The first kappa shape index (κ1) is 28.1. The van der Waals surface area contributed by atoms with Crippen LogP contribution in [0.1, 0.15) is 68.4 Å². The van der Waals surface area contributed by atoms with Gasteiger partial charge in [0.1, 0.15) is 5.75 Å². The minimum Gasteiger partial charge on any atom is -0.497 e. The number of ether oxygens (including phenoxy) is 1. The number of hydrogen-bond donors (Lipinski definition) is 3. The molecule has 5 aliphatic rings. The Bertz CT molecular complexity index is 1290. The van der Waals surface area contributed by atoms with E-state index in [2.05, 4.69) is 60.7 Å². The van der Waals surface area contributed by atoms with Crippen LogP contribution < -0.4 is 20.7 Å². The van der Waals surface area contributed by atoms with Crippen LogP contribution in [0.15, 0.2) is 47.5 Å². The summed E-state index contributed by atoms with van der Waals surface area (Å²) >= 11 is 0.